The Hall–Kier alpha value is -1.64. The lowest BCUT2D eigenvalue weighted by Crippen LogP contribution is -2.23. The van der Waals surface area contributed by atoms with Crippen LogP contribution in [0.5, 0.6) is 0 Å². The molecular weight excluding hydrogens is 262 g/mol. The van der Waals surface area contributed by atoms with Crippen molar-refractivity contribution in [1.29, 1.82) is 0 Å². The standard InChI is InChI=1S/C18H23NO2/c20-17(14-6-3-1-2-4-7-14)15-10-9-13-8-5-11-19-18(21)16(13)12-15/h9-10,12,14H,1-8,11H2,(H,19,21). The molecule has 2 aliphatic rings. The summed E-state index contributed by atoms with van der Waals surface area (Å²) in [5.74, 6) is 0.356. The highest BCUT2D eigenvalue weighted by atomic mass is 16.1. The molecule has 1 aromatic rings. The molecule has 0 aromatic heterocycles. The minimum atomic E-state index is -0.0296. The van der Waals surface area contributed by atoms with Gasteiger partial charge >= 0.3 is 0 Å². The highest BCUT2D eigenvalue weighted by Crippen LogP contribution is 2.27. The Labute approximate surface area is 126 Å². The predicted molar refractivity (Wildman–Crippen MR) is 82.6 cm³/mol. The smallest absolute Gasteiger partial charge is 0.251 e. The Kier molecular flexibility index (Phi) is 4.37. The molecule has 3 nitrogen and oxygen atoms in total. The summed E-state index contributed by atoms with van der Waals surface area (Å²) >= 11 is 0. The molecular formula is C18H23NO2. The minimum Gasteiger partial charge on any atom is -0.352 e. The van der Waals surface area contributed by atoms with Crippen LogP contribution in [0.4, 0.5) is 0 Å². The molecule has 0 bridgehead atoms. The molecule has 112 valence electrons. The van der Waals surface area contributed by atoms with Gasteiger partial charge in [0.15, 0.2) is 5.78 Å². The van der Waals surface area contributed by atoms with Crippen molar-refractivity contribution in [2.45, 2.75) is 51.4 Å². The number of Topliss-reactive ketones (excluding diaryl/α,β-unsaturated/α-hetero) is 1. The van der Waals surface area contributed by atoms with Crippen molar-refractivity contribution in [3.63, 3.8) is 0 Å². The monoisotopic (exact) mass is 285 g/mol. The molecule has 1 fully saturated rings. The van der Waals surface area contributed by atoms with Gasteiger partial charge in [0, 0.05) is 23.6 Å². The molecule has 1 aliphatic heterocycles. The fourth-order valence-electron chi connectivity index (χ4n) is 3.51. The average Bonchev–Trinajstić information content (AvgIpc) is 2.88. The molecule has 0 unspecified atom stereocenters. The van der Waals surface area contributed by atoms with Crippen molar-refractivity contribution >= 4 is 11.7 Å². The summed E-state index contributed by atoms with van der Waals surface area (Å²) in [4.78, 5) is 24.8. The van der Waals surface area contributed by atoms with Crippen molar-refractivity contribution in [1.82, 2.24) is 5.32 Å². The van der Waals surface area contributed by atoms with Crippen LogP contribution in [0.3, 0.4) is 0 Å². The zero-order valence-corrected chi connectivity index (χ0v) is 12.5. The summed E-state index contributed by atoms with van der Waals surface area (Å²) in [7, 11) is 0. The van der Waals surface area contributed by atoms with Crippen LogP contribution in [-0.2, 0) is 6.42 Å². The van der Waals surface area contributed by atoms with Crippen molar-refractivity contribution in [3.05, 3.63) is 34.9 Å². The number of carbonyl (C=O) groups is 2. The molecule has 1 heterocycles. The second kappa shape index (κ2) is 6.42. The second-order valence-electron chi connectivity index (χ2n) is 6.28. The third kappa shape index (κ3) is 3.17. The quantitative estimate of drug-likeness (QED) is 0.667. The molecule has 0 radical (unpaired) electrons. The lowest BCUT2D eigenvalue weighted by Gasteiger charge is -2.14. The molecule has 0 saturated heterocycles. The average molecular weight is 285 g/mol. The van der Waals surface area contributed by atoms with Crippen molar-refractivity contribution in [2.24, 2.45) is 5.92 Å². The molecule has 1 aromatic carbocycles. The topological polar surface area (TPSA) is 46.2 Å². The number of ketones is 1. The second-order valence-corrected chi connectivity index (χ2v) is 6.28. The Balaban J connectivity index is 1.85. The fourth-order valence-corrected chi connectivity index (χ4v) is 3.51. The van der Waals surface area contributed by atoms with E-state index in [1.807, 2.05) is 18.2 Å². The number of carbonyl (C=O) groups excluding carboxylic acids is 2. The van der Waals surface area contributed by atoms with Gasteiger partial charge in [-0.1, -0.05) is 37.8 Å². The maximum absolute atomic E-state index is 12.7. The van der Waals surface area contributed by atoms with Crippen LogP contribution in [0, 0.1) is 5.92 Å². The molecule has 1 aliphatic carbocycles. The molecule has 1 saturated carbocycles. The number of nitrogens with one attached hydrogen (secondary N) is 1. The summed E-state index contributed by atoms with van der Waals surface area (Å²) in [6.45, 7) is 0.722. The Bertz CT molecular complexity index is 542. The van der Waals surface area contributed by atoms with Gasteiger partial charge in [-0.15, -0.1) is 0 Å². The van der Waals surface area contributed by atoms with Crippen LogP contribution >= 0.6 is 0 Å². The van der Waals surface area contributed by atoms with Gasteiger partial charge in [-0.3, -0.25) is 9.59 Å². The van der Waals surface area contributed by atoms with Crippen LogP contribution < -0.4 is 5.32 Å². The Morgan fingerprint density at radius 1 is 1.05 bits per heavy atom. The van der Waals surface area contributed by atoms with E-state index in [0.29, 0.717) is 5.56 Å². The van der Waals surface area contributed by atoms with Crippen molar-refractivity contribution in [3.8, 4) is 0 Å². The van der Waals surface area contributed by atoms with Crippen LogP contribution in [0.25, 0.3) is 0 Å². The Morgan fingerprint density at radius 3 is 2.57 bits per heavy atom. The van der Waals surface area contributed by atoms with Crippen LogP contribution in [0.1, 0.15) is 71.2 Å². The molecule has 3 heteroatoms. The van der Waals surface area contributed by atoms with Gasteiger partial charge in [0.1, 0.15) is 0 Å². The number of hydrogen-bond donors (Lipinski definition) is 1. The third-order valence-corrected chi connectivity index (χ3v) is 4.77. The molecule has 1 amide bonds. The molecule has 3 rings (SSSR count). The van der Waals surface area contributed by atoms with Crippen molar-refractivity contribution < 1.29 is 9.59 Å². The maximum Gasteiger partial charge on any atom is 0.251 e. The van der Waals surface area contributed by atoms with E-state index in [0.717, 1.165) is 56.2 Å². The first kappa shape index (κ1) is 14.3. The van der Waals surface area contributed by atoms with Crippen molar-refractivity contribution in [2.75, 3.05) is 6.54 Å². The lowest BCUT2D eigenvalue weighted by molar-refractivity contribution is 0.0908. The van der Waals surface area contributed by atoms with E-state index in [1.54, 1.807) is 0 Å². The van der Waals surface area contributed by atoms with Gasteiger partial charge in [0.2, 0.25) is 0 Å². The molecule has 0 spiro atoms. The highest BCUT2D eigenvalue weighted by molar-refractivity contribution is 6.02. The van der Waals surface area contributed by atoms with Crippen LogP contribution in [0.15, 0.2) is 18.2 Å². The van der Waals surface area contributed by atoms with E-state index in [1.165, 1.54) is 12.8 Å². The number of hydrogen-bond acceptors (Lipinski definition) is 2. The molecule has 1 N–H and O–H groups in total. The number of benzene rings is 1. The first-order chi connectivity index (χ1) is 10.3. The van der Waals surface area contributed by atoms with Gasteiger partial charge in [-0.05, 0) is 37.3 Å². The summed E-state index contributed by atoms with van der Waals surface area (Å²) in [6.07, 6.45) is 8.68. The first-order valence-electron chi connectivity index (χ1n) is 8.21. The largest absolute Gasteiger partial charge is 0.352 e. The number of amides is 1. The normalized spacial score (nSPS) is 20.1. The van der Waals surface area contributed by atoms with E-state index in [4.69, 9.17) is 0 Å². The fraction of sp³-hybridized carbons (Fsp3) is 0.556. The van der Waals surface area contributed by atoms with Crippen LogP contribution in [0.2, 0.25) is 0 Å². The lowest BCUT2D eigenvalue weighted by atomic mass is 9.89. The van der Waals surface area contributed by atoms with Gasteiger partial charge in [-0.2, -0.15) is 0 Å². The zero-order valence-electron chi connectivity index (χ0n) is 12.5. The third-order valence-electron chi connectivity index (χ3n) is 4.77. The number of fused-ring (bicyclic) bond motifs is 1. The summed E-state index contributed by atoms with van der Waals surface area (Å²) in [6, 6.07) is 5.72. The molecule has 0 atom stereocenters. The summed E-state index contributed by atoms with van der Waals surface area (Å²) in [5, 5.41) is 2.91. The van der Waals surface area contributed by atoms with E-state index in [9.17, 15) is 9.59 Å². The van der Waals surface area contributed by atoms with E-state index in [2.05, 4.69) is 5.32 Å². The maximum atomic E-state index is 12.7. The SMILES string of the molecule is O=C1NCCCc2ccc(C(=O)C3CCCCCC3)cc21. The van der Waals surface area contributed by atoms with Gasteiger partial charge in [0.05, 0.1) is 0 Å². The number of aryl methyl sites for hydroxylation is 1. The minimum absolute atomic E-state index is 0.0296. The zero-order chi connectivity index (χ0) is 14.7. The van der Waals surface area contributed by atoms with Gasteiger partial charge in [-0.25, -0.2) is 0 Å². The Morgan fingerprint density at radius 2 is 1.81 bits per heavy atom. The van der Waals surface area contributed by atoms with Crippen LogP contribution in [-0.4, -0.2) is 18.2 Å². The van der Waals surface area contributed by atoms with E-state index >= 15 is 0 Å². The summed E-state index contributed by atoms with van der Waals surface area (Å²) in [5.41, 5.74) is 2.49. The van der Waals surface area contributed by atoms with E-state index < -0.39 is 0 Å². The first-order valence-corrected chi connectivity index (χ1v) is 8.21. The highest BCUT2D eigenvalue weighted by Gasteiger charge is 2.23. The predicted octanol–water partition coefficient (Wildman–Crippen LogP) is 3.52. The number of rotatable bonds is 2. The van der Waals surface area contributed by atoms with Gasteiger partial charge < -0.3 is 5.32 Å². The molecule has 21 heavy (non-hydrogen) atoms. The van der Waals surface area contributed by atoms with Gasteiger partial charge in [0.25, 0.3) is 5.91 Å². The van der Waals surface area contributed by atoms with E-state index in [-0.39, 0.29) is 17.6 Å². The summed E-state index contributed by atoms with van der Waals surface area (Å²) < 4.78 is 0.